The van der Waals surface area contributed by atoms with Gasteiger partial charge in [0.2, 0.25) is 5.88 Å². The molecule has 0 atom stereocenters. The van der Waals surface area contributed by atoms with Crippen LogP contribution < -0.4 is 10.1 Å². The van der Waals surface area contributed by atoms with E-state index in [0.29, 0.717) is 18.9 Å². The van der Waals surface area contributed by atoms with E-state index in [9.17, 15) is 0 Å². The van der Waals surface area contributed by atoms with Crippen LogP contribution in [0.1, 0.15) is 25.3 Å². The van der Waals surface area contributed by atoms with Gasteiger partial charge in [0.05, 0.1) is 5.56 Å². The molecule has 0 aliphatic carbocycles. The Hall–Kier alpha value is -1.76. The van der Waals surface area contributed by atoms with Gasteiger partial charge in [0.1, 0.15) is 18.8 Å². The molecule has 4 heteroatoms. The second-order valence-corrected chi connectivity index (χ2v) is 3.38. The van der Waals surface area contributed by atoms with Crippen LogP contribution in [0.3, 0.4) is 0 Å². The lowest BCUT2D eigenvalue weighted by atomic mass is 10.3. The zero-order chi connectivity index (χ0) is 11.8. The van der Waals surface area contributed by atoms with Gasteiger partial charge >= 0.3 is 0 Å². The minimum absolute atomic E-state index is 0.488. The summed E-state index contributed by atoms with van der Waals surface area (Å²) >= 11 is 0. The Morgan fingerprint density at radius 1 is 1.50 bits per heavy atom. The lowest BCUT2D eigenvalue weighted by molar-refractivity contribution is 0.311. The molecule has 0 spiro atoms. The molecule has 16 heavy (non-hydrogen) atoms. The van der Waals surface area contributed by atoms with E-state index in [1.807, 2.05) is 6.92 Å². The fourth-order valence-corrected chi connectivity index (χ4v) is 1.21. The van der Waals surface area contributed by atoms with Gasteiger partial charge in [0, 0.05) is 13.0 Å². The zero-order valence-corrected chi connectivity index (χ0v) is 9.79. The molecule has 0 aromatic carbocycles. The number of terminal acetylenes is 1. The molecule has 1 heterocycles. The minimum atomic E-state index is 0.488. The highest BCUT2D eigenvalue weighted by Crippen LogP contribution is 2.20. The van der Waals surface area contributed by atoms with Gasteiger partial charge in [-0.2, -0.15) is 0 Å². The summed E-state index contributed by atoms with van der Waals surface area (Å²) in [6, 6.07) is 0. The Bertz CT molecular complexity index is 371. The van der Waals surface area contributed by atoms with Gasteiger partial charge in [-0.15, -0.1) is 12.3 Å². The van der Waals surface area contributed by atoms with E-state index in [0.717, 1.165) is 24.3 Å². The monoisotopic (exact) mass is 219 g/mol. The molecular weight excluding hydrogens is 202 g/mol. The van der Waals surface area contributed by atoms with E-state index in [-0.39, 0.29) is 0 Å². The van der Waals surface area contributed by atoms with Crippen LogP contribution in [0.25, 0.3) is 0 Å². The number of nitrogens with zero attached hydrogens (tertiary/aromatic N) is 2. The van der Waals surface area contributed by atoms with Crippen molar-refractivity contribution >= 4 is 5.82 Å². The van der Waals surface area contributed by atoms with Crippen LogP contribution in [-0.2, 0) is 0 Å². The van der Waals surface area contributed by atoms with E-state index in [1.54, 1.807) is 0 Å². The van der Waals surface area contributed by atoms with Gasteiger partial charge < -0.3 is 10.1 Å². The molecule has 0 bridgehead atoms. The SMILES string of the molecule is C#CCCOc1ncnc(NCCC)c1C. The molecule has 0 saturated carbocycles. The smallest absolute Gasteiger partial charge is 0.221 e. The predicted octanol–water partition coefficient (Wildman–Crippen LogP) is 2.01. The Balaban J connectivity index is 2.67. The molecule has 0 saturated heterocycles. The molecule has 0 aliphatic heterocycles. The number of nitrogens with one attached hydrogen (secondary N) is 1. The van der Waals surface area contributed by atoms with Gasteiger partial charge in [-0.3, -0.25) is 0 Å². The molecular formula is C12H17N3O. The minimum Gasteiger partial charge on any atom is -0.476 e. The standard InChI is InChI=1S/C12H17N3O/c1-4-6-8-16-12-10(3)11(13-7-5-2)14-9-15-12/h1,9H,5-8H2,2-3H3,(H,13,14,15). The lowest BCUT2D eigenvalue weighted by Gasteiger charge is -2.10. The van der Waals surface area contributed by atoms with Crippen molar-refractivity contribution < 1.29 is 4.74 Å². The third-order valence-corrected chi connectivity index (χ3v) is 2.07. The fourth-order valence-electron chi connectivity index (χ4n) is 1.21. The average molecular weight is 219 g/mol. The van der Waals surface area contributed by atoms with Crippen molar-refractivity contribution in [3.05, 3.63) is 11.9 Å². The largest absolute Gasteiger partial charge is 0.476 e. The van der Waals surface area contributed by atoms with Gasteiger partial charge in [0.25, 0.3) is 0 Å². The maximum atomic E-state index is 5.46. The number of rotatable bonds is 6. The summed E-state index contributed by atoms with van der Waals surface area (Å²) in [5.41, 5.74) is 0.924. The number of aromatic nitrogens is 2. The highest BCUT2D eigenvalue weighted by atomic mass is 16.5. The first-order valence-electron chi connectivity index (χ1n) is 5.41. The van der Waals surface area contributed by atoms with Crippen molar-refractivity contribution in [3.63, 3.8) is 0 Å². The first-order valence-corrected chi connectivity index (χ1v) is 5.41. The maximum Gasteiger partial charge on any atom is 0.221 e. The number of anilines is 1. The van der Waals surface area contributed by atoms with Crippen molar-refractivity contribution in [2.45, 2.75) is 26.7 Å². The molecule has 0 aliphatic rings. The number of hydrogen-bond acceptors (Lipinski definition) is 4. The Morgan fingerprint density at radius 3 is 3.00 bits per heavy atom. The summed E-state index contributed by atoms with van der Waals surface area (Å²) in [4.78, 5) is 8.24. The van der Waals surface area contributed by atoms with E-state index in [1.165, 1.54) is 6.33 Å². The van der Waals surface area contributed by atoms with Crippen molar-refractivity contribution in [1.29, 1.82) is 0 Å². The highest BCUT2D eigenvalue weighted by Gasteiger charge is 2.06. The van der Waals surface area contributed by atoms with Crippen LogP contribution in [0.4, 0.5) is 5.82 Å². The second kappa shape index (κ2) is 6.67. The maximum absolute atomic E-state index is 5.46. The van der Waals surface area contributed by atoms with Crippen LogP contribution >= 0.6 is 0 Å². The lowest BCUT2D eigenvalue weighted by Crippen LogP contribution is -2.07. The molecule has 0 amide bonds. The Labute approximate surface area is 96.5 Å². The van der Waals surface area contributed by atoms with Crippen molar-refractivity contribution in [1.82, 2.24) is 9.97 Å². The van der Waals surface area contributed by atoms with E-state index in [4.69, 9.17) is 11.2 Å². The third-order valence-electron chi connectivity index (χ3n) is 2.07. The summed E-state index contributed by atoms with van der Waals surface area (Å²) in [5.74, 6) is 3.95. The summed E-state index contributed by atoms with van der Waals surface area (Å²) in [6.07, 6.45) is 8.28. The van der Waals surface area contributed by atoms with Crippen molar-refractivity contribution in [2.75, 3.05) is 18.5 Å². The Morgan fingerprint density at radius 2 is 2.31 bits per heavy atom. The first kappa shape index (κ1) is 12.3. The molecule has 0 radical (unpaired) electrons. The molecule has 0 unspecified atom stereocenters. The third kappa shape index (κ3) is 3.43. The van der Waals surface area contributed by atoms with Crippen molar-refractivity contribution in [3.8, 4) is 18.2 Å². The molecule has 86 valence electrons. The van der Waals surface area contributed by atoms with Crippen LogP contribution in [0.15, 0.2) is 6.33 Å². The topological polar surface area (TPSA) is 47.0 Å². The second-order valence-electron chi connectivity index (χ2n) is 3.38. The first-order chi connectivity index (χ1) is 7.79. The number of ether oxygens (including phenoxy) is 1. The number of hydrogen-bond donors (Lipinski definition) is 1. The predicted molar refractivity (Wildman–Crippen MR) is 64.5 cm³/mol. The fraction of sp³-hybridized carbons (Fsp3) is 0.500. The zero-order valence-electron chi connectivity index (χ0n) is 9.79. The van der Waals surface area contributed by atoms with Gasteiger partial charge in [-0.25, -0.2) is 9.97 Å². The van der Waals surface area contributed by atoms with Crippen molar-refractivity contribution in [2.24, 2.45) is 0 Å². The van der Waals surface area contributed by atoms with E-state index in [2.05, 4.69) is 28.1 Å². The van der Waals surface area contributed by atoms with E-state index < -0.39 is 0 Å². The quantitative estimate of drug-likeness (QED) is 0.587. The van der Waals surface area contributed by atoms with Crippen LogP contribution in [0, 0.1) is 19.3 Å². The highest BCUT2D eigenvalue weighted by molar-refractivity contribution is 5.47. The Kier molecular flexibility index (Phi) is 5.13. The summed E-state index contributed by atoms with van der Waals surface area (Å²) in [6.45, 7) is 5.42. The van der Waals surface area contributed by atoms with Crippen LogP contribution in [-0.4, -0.2) is 23.1 Å². The summed E-state index contributed by atoms with van der Waals surface area (Å²) in [5, 5.41) is 3.22. The van der Waals surface area contributed by atoms with Crippen LogP contribution in [0.2, 0.25) is 0 Å². The molecule has 1 N–H and O–H groups in total. The average Bonchev–Trinajstić information content (AvgIpc) is 2.30. The van der Waals surface area contributed by atoms with Crippen LogP contribution in [0.5, 0.6) is 5.88 Å². The van der Waals surface area contributed by atoms with E-state index >= 15 is 0 Å². The normalized spacial score (nSPS) is 9.56. The van der Waals surface area contributed by atoms with Gasteiger partial charge in [-0.1, -0.05) is 6.92 Å². The molecule has 1 rings (SSSR count). The van der Waals surface area contributed by atoms with Gasteiger partial charge in [0.15, 0.2) is 0 Å². The molecule has 1 aromatic rings. The molecule has 0 fully saturated rings. The molecule has 4 nitrogen and oxygen atoms in total. The summed E-state index contributed by atoms with van der Waals surface area (Å²) in [7, 11) is 0. The molecule has 1 aromatic heterocycles. The van der Waals surface area contributed by atoms with Gasteiger partial charge in [-0.05, 0) is 13.3 Å². The summed E-state index contributed by atoms with van der Waals surface area (Å²) < 4.78 is 5.46.